The molecule has 27 heavy (non-hydrogen) atoms. The van der Waals surface area contributed by atoms with E-state index < -0.39 is 11.4 Å². The summed E-state index contributed by atoms with van der Waals surface area (Å²) in [6.45, 7) is 4.00. The van der Waals surface area contributed by atoms with Crippen LogP contribution in [0.3, 0.4) is 0 Å². The highest BCUT2D eigenvalue weighted by atomic mass is 16.4. The Hall–Kier alpha value is -3.73. The maximum atomic E-state index is 12.8. The lowest BCUT2D eigenvalue weighted by Crippen LogP contribution is -2.26. The van der Waals surface area contributed by atoms with Gasteiger partial charge in [-0.2, -0.15) is 0 Å². The Kier molecular flexibility index (Phi) is 4.05. The number of amides is 1. The molecule has 4 rings (SSSR count). The van der Waals surface area contributed by atoms with Crippen molar-refractivity contribution in [3.8, 4) is 0 Å². The van der Waals surface area contributed by atoms with E-state index in [9.17, 15) is 14.4 Å². The molecule has 1 aromatic heterocycles. The number of allylic oxidation sites excluding steroid dienone is 1. The Labute approximate surface area is 154 Å². The molecule has 1 aliphatic heterocycles. The molecular formula is C22H15NO4. The highest BCUT2D eigenvalue weighted by molar-refractivity contribution is 6.35. The van der Waals surface area contributed by atoms with Crippen LogP contribution in [0.5, 0.6) is 0 Å². The molecule has 0 saturated carbocycles. The average Bonchev–Trinajstić information content (AvgIpc) is 2.93. The number of benzene rings is 2. The molecule has 1 amide bonds. The third-order valence-electron chi connectivity index (χ3n) is 4.45. The van der Waals surface area contributed by atoms with Gasteiger partial charge in [-0.05, 0) is 24.3 Å². The SMILES string of the molecule is C=CCN1C(=O)/C(=C\C(=O)c2cc3ccccc3oc2=O)c2ccccc21. The smallest absolute Gasteiger partial charge is 0.347 e. The highest BCUT2D eigenvalue weighted by Gasteiger charge is 2.32. The van der Waals surface area contributed by atoms with Crippen LogP contribution in [0.1, 0.15) is 15.9 Å². The number of hydrogen-bond acceptors (Lipinski definition) is 4. The molecule has 2 aromatic carbocycles. The van der Waals surface area contributed by atoms with Crippen molar-refractivity contribution in [3.63, 3.8) is 0 Å². The fourth-order valence-electron chi connectivity index (χ4n) is 3.20. The van der Waals surface area contributed by atoms with Gasteiger partial charge in [0.25, 0.3) is 5.91 Å². The summed E-state index contributed by atoms with van der Waals surface area (Å²) in [5, 5.41) is 0.644. The molecule has 2 heterocycles. The Bertz CT molecular complexity index is 1190. The van der Waals surface area contributed by atoms with Crippen LogP contribution in [0.15, 0.2) is 82.5 Å². The normalized spacial score (nSPS) is 14.6. The van der Waals surface area contributed by atoms with Crippen molar-refractivity contribution in [3.05, 3.63) is 94.9 Å². The first-order valence-corrected chi connectivity index (χ1v) is 8.41. The number of ketones is 1. The molecule has 132 valence electrons. The van der Waals surface area contributed by atoms with Crippen molar-refractivity contribution in [1.29, 1.82) is 0 Å². The number of anilines is 1. The number of rotatable bonds is 4. The minimum absolute atomic E-state index is 0.103. The predicted octanol–water partition coefficient (Wildman–Crippen LogP) is 3.59. The van der Waals surface area contributed by atoms with Gasteiger partial charge in [0.1, 0.15) is 11.1 Å². The van der Waals surface area contributed by atoms with E-state index in [-0.39, 0.29) is 17.0 Å². The van der Waals surface area contributed by atoms with Gasteiger partial charge in [-0.3, -0.25) is 9.59 Å². The van der Waals surface area contributed by atoms with Gasteiger partial charge < -0.3 is 9.32 Å². The summed E-state index contributed by atoms with van der Waals surface area (Å²) in [4.78, 5) is 39.3. The lowest BCUT2D eigenvalue weighted by molar-refractivity contribution is -0.112. The topological polar surface area (TPSA) is 67.6 Å². The van der Waals surface area contributed by atoms with Gasteiger partial charge in [0.05, 0.1) is 11.3 Å². The third kappa shape index (κ3) is 2.79. The molecule has 1 aliphatic rings. The summed E-state index contributed by atoms with van der Waals surface area (Å²) in [5.41, 5.74) is 1.21. The Morgan fingerprint density at radius 3 is 2.63 bits per heavy atom. The van der Waals surface area contributed by atoms with E-state index in [1.807, 2.05) is 12.1 Å². The van der Waals surface area contributed by atoms with Crippen LogP contribution in [0.4, 0.5) is 5.69 Å². The van der Waals surface area contributed by atoms with E-state index in [4.69, 9.17) is 4.42 Å². The minimum atomic E-state index is -0.725. The van der Waals surface area contributed by atoms with Crippen LogP contribution < -0.4 is 10.5 Å². The van der Waals surface area contributed by atoms with Crippen molar-refractivity contribution in [2.24, 2.45) is 0 Å². The molecule has 0 saturated heterocycles. The van der Waals surface area contributed by atoms with Crippen LogP contribution in [-0.2, 0) is 4.79 Å². The van der Waals surface area contributed by atoms with Gasteiger partial charge in [-0.1, -0.05) is 42.5 Å². The third-order valence-corrected chi connectivity index (χ3v) is 4.45. The number of para-hydroxylation sites is 2. The van der Waals surface area contributed by atoms with E-state index in [0.717, 1.165) is 0 Å². The maximum absolute atomic E-state index is 12.8. The number of nitrogens with zero attached hydrogens (tertiary/aromatic N) is 1. The second-order valence-corrected chi connectivity index (χ2v) is 6.13. The fourth-order valence-corrected chi connectivity index (χ4v) is 3.20. The van der Waals surface area contributed by atoms with Crippen molar-refractivity contribution in [1.82, 2.24) is 0 Å². The van der Waals surface area contributed by atoms with Crippen LogP contribution >= 0.6 is 0 Å². The number of carbonyl (C=O) groups is 2. The summed E-state index contributed by atoms with van der Waals surface area (Å²) in [5.74, 6) is -0.859. The number of hydrogen-bond donors (Lipinski definition) is 0. The molecule has 0 N–H and O–H groups in total. The molecule has 0 radical (unpaired) electrons. The molecule has 0 unspecified atom stereocenters. The monoisotopic (exact) mass is 357 g/mol. The van der Waals surface area contributed by atoms with Crippen molar-refractivity contribution < 1.29 is 14.0 Å². The Morgan fingerprint density at radius 2 is 1.81 bits per heavy atom. The first kappa shape index (κ1) is 16.7. The average molecular weight is 357 g/mol. The first-order valence-electron chi connectivity index (χ1n) is 8.41. The molecular weight excluding hydrogens is 342 g/mol. The molecule has 3 aromatic rings. The number of carbonyl (C=O) groups excluding carboxylic acids is 2. The van der Waals surface area contributed by atoms with E-state index >= 15 is 0 Å². The van der Waals surface area contributed by atoms with Crippen molar-refractivity contribution >= 4 is 33.9 Å². The lowest BCUT2D eigenvalue weighted by atomic mass is 10.0. The molecule has 0 atom stereocenters. The summed E-state index contributed by atoms with van der Waals surface area (Å²) >= 11 is 0. The summed E-state index contributed by atoms with van der Waals surface area (Å²) in [6.07, 6.45) is 2.84. The van der Waals surface area contributed by atoms with Gasteiger partial charge in [0, 0.05) is 17.5 Å². The van der Waals surface area contributed by atoms with Gasteiger partial charge >= 0.3 is 5.63 Å². The van der Waals surface area contributed by atoms with Crippen LogP contribution in [-0.4, -0.2) is 18.2 Å². The van der Waals surface area contributed by atoms with Crippen LogP contribution in [0, 0.1) is 0 Å². The van der Waals surface area contributed by atoms with Crippen molar-refractivity contribution in [2.75, 3.05) is 11.4 Å². The van der Waals surface area contributed by atoms with E-state index in [1.54, 1.807) is 47.4 Å². The van der Waals surface area contributed by atoms with E-state index in [1.165, 1.54) is 12.1 Å². The van der Waals surface area contributed by atoms with Gasteiger partial charge in [-0.25, -0.2) is 4.79 Å². The standard InChI is InChI=1S/C22H15NO4/c1-2-11-23-18-9-5-4-8-15(18)16(21(23)25)13-19(24)17-12-14-7-3-6-10-20(14)27-22(17)26/h2-10,12-13H,1,11H2/b16-13-. The lowest BCUT2D eigenvalue weighted by Gasteiger charge is -2.13. The minimum Gasteiger partial charge on any atom is -0.422 e. The van der Waals surface area contributed by atoms with E-state index in [0.29, 0.717) is 28.8 Å². The zero-order valence-electron chi connectivity index (χ0n) is 14.3. The summed E-state index contributed by atoms with van der Waals surface area (Å²) in [6, 6.07) is 15.7. The van der Waals surface area contributed by atoms with Crippen LogP contribution in [0.25, 0.3) is 16.5 Å². The molecule has 5 nitrogen and oxygen atoms in total. The quantitative estimate of drug-likeness (QED) is 0.310. The second kappa shape index (κ2) is 6.53. The molecule has 0 fully saturated rings. The largest absolute Gasteiger partial charge is 0.422 e. The predicted molar refractivity (Wildman–Crippen MR) is 104 cm³/mol. The Morgan fingerprint density at radius 1 is 1.07 bits per heavy atom. The zero-order valence-corrected chi connectivity index (χ0v) is 14.3. The summed E-state index contributed by atoms with van der Waals surface area (Å²) < 4.78 is 5.22. The van der Waals surface area contributed by atoms with Crippen molar-refractivity contribution in [2.45, 2.75) is 0 Å². The van der Waals surface area contributed by atoms with Gasteiger partial charge in [-0.15, -0.1) is 6.58 Å². The zero-order chi connectivity index (χ0) is 19.0. The molecule has 0 bridgehead atoms. The maximum Gasteiger partial charge on any atom is 0.347 e. The van der Waals surface area contributed by atoms with E-state index in [2.05, 4.69) is 6.58 Å². The molecule has 0 spiro atoms. The number of fused-ring (bicyclic) bond motifs is 2. The molecule has 5 heteroatoms. The first-order chi connectivity index (χ1) is 13.1. The second-order valence-electron chi connectivity index (χ2n) is 6.13. The summed E-state index contributed by atoms with van der Waals surface area (Å²) in [7, 11) is 0. The van der Waals surface area contributed by atoms with Gasteiger partial charge in [0.2, 0.25) is 0 Å². The molecule has 0 aliphatic carbocycles. The van der Waals surface area contributed by atoms with Crippen LogP contribution in [0.2, 0.25) is 0 Å². The fraction of sp³-hybridized carbons (Fsp3) is 0.0455. The van der Waals surface area contributed by atoms with Gasteiger partial charge in [0.15, 0.2) is 5.78 Å². The Balaban J connectivity index is 1.81. The highest BCUT2D eigenvalue weighted by Crippen LogP contribution is 2.36.